The van der Waals surface area contributed by atoms with Gasteiger partial charge in [-0.25, -0.2) is 0 Å². The summed E-state index contributed by atoms with van der Waals surface area (Å²) in [6, 6.07) is 0. The molecule has 1 spiro atoms. The molecule has 0 aromatic heterocycles. The molecule has 0 aromatic carbocycles. The molecular weight excluding hydrogens is 601 g/mol. The Balaban J connectivity index is 1.67. The van der Waals surface area contributed by atoms with Crippen LogP contribution in [-0.4, -0.2) is 42.8 Å². The minimum absolute atomic E-state index is 0.0254. The lowest BCUT2D eigenvalue weighted by atomic mass is 9.70. The van der Waals surface area contributed by atoms with E-state index in [-0.39, 0.29) is 27.9 Å². The van der Waals surface area contributed by atoms with Gasteiger partial charge in [0, 0.05) is 0 Å². The Labute approximate surface area is 284 Å². The quantitative estimate of drug-likeness (QED) is 0.204. The van der Waals surface area contributed by atoms with Crippen LogP contribution in [0.1, 0.15) is 139 Å². The van der Waals surface area contributed by atoms with E-state index in [1.54, 1.807) is 11.1 Å². The predicted octanol–water partition coefficient (Wildman–Crippen LogP) is 13.0. The summed E-state index contributed by atoms with van der Waals surface area (Å²) >= 11 is 0. The summed E-state index contributed by atoms with van der Waals surface area (Å²) in [4.78, 5) is 0. The standard InChI is InChI=1S/C39H76O3Si3/c1-36(2,3)44(12,13)40-34-26-33(27-35(28-34)41-45(14,15)37(4,5)6)21-20-31-19-17-24-39(29-31)25-22-32(30-39)18-16-23-38(7,8)42-43(9,10)11/h20-21,32,34-35H,16-19,22-30H2,1-15H3/b31-20-,33-21?/t32-,34-,35+,39-/m1/s1. The number of rotatable bonds is 11. The maximum atomic E-state index is 7.07. The highest BCUT2D eigenvalue weighted by atomic mass is 28.4. The monoisotopic (exact) mass is 677 g/mol. The Hall–Kier alpha value is 0.0106. The van der Waals surface area contributed by atoms with E-state index in [1.165, 1.54) is 64.2 Å². The van der Waals surface area contributed by atoms with Crippen LogP contribution in [0.4, 0.5) is 0 Å². The molecule has 3 aliphatic carbocycles. The molecule has 3 rings (SSSR count). The van der Waals surface area contributed by atoms with Crippen molar-refractivity contribution in [2.24, 2.45) is 11.3 Å². The van der Waals surface area contributed by atoms with Crippen LogP contribution < -0.4 is 0 Å². The molecule has 262 valence electrons. The number of allylic oxidation sites excluding steroid dienone is 3. The van der Waals surface area contributed by atoms with Gasteiger partial charge < -0.3 is 13.3 Å². The fraction of sp³-hybridized carbons (Fsp3) is 0.897. The smallest absolute Gasteiger partial charge is 0.192 e. The Morgan fingerprint density at radius 2 is 1.29 bits per heavy atom. The lowest BCUT2D eigenvalue weighted by Crippen LogP contribution is -2.48. The minimum atomic E-state index is -1.85. The van der Waals surface area contributed by atoms with Crippen LogP contribution in [0.5, 0.6) is 0 Å². The third-order valence-electron chi connectivity index (χ3n) is 12.2. The van der Waals surface area contributed by atoms with Gasteiger partial charge in [-0.1, -0.05) is 77.7 Å². The lowest BCUT2D eigenvalue weighted by molar-refractivity contribution is 0.0725. The molecule has 3 aliphatic rings. The molecule has 3 saturated carbocycles. The van der Waals surface area contributed by atoms with Gasteiger partial charge in [-0.05, 0) is 152 Å². The molecule has 45 heavy (non-hydrogen) atoms. The van der Waals surface area contributed by atoms with Crippen LogP contribution in [0.3, 0.4) is 0 Å². The van der Waals surface area contributed by atoms with Crippen LogP contribution in [0.25, 0.3) is 0 Å². The first-order valence-corrected chi connectivity index (χ1v) is 28.0. The molecule has 0 amide bonds. The predicted molar refractivity (Wildman–Crippen MR) is 205 cm³/mol. The van der Waals surface area contributed by atoms with Gasteiger partial charge in [0.1, 0.15) is 0 Å². The second kappa shape index (κ2) is 14.5. The zero-order valence-electron chi connectivity index (χ0n) is 32.8. The fourth-order valence-electron chi connectivity index (χ4n) is 8.01. The summed E-state index contributed by atoms with van der Waals surface area (Å²) < 4.78 is 20.6. The van der Waals surface area contributed by atoms with Gasteiger partial charge in [-0.3, -0.25) is 0 Å². The molecule has 4 atom stereocenters. The van der Waals surface area contributed by atoms with Crippen molar-refractivity contribution < 1.29 is 13.3 Å². The van der Waals surface area contributed by atoms with Crippen molar-refractivity contribution in [1.82, 2.24) is 0 Å². The molecule has 3 fully saturated rings. The molecule has 0 radical (unpaired) electrons. The Bertz CT molecular complexity index is 999. The van der Waals surface area contributed by atoms with Crippen LogP contribution in [0.2, 0.25) is 55.9 Å². The first kappa shape index (κ1) is 39.4. The third-order valence-corrected chi connectivity index (χ3v) is 22.4. The molecule has 0 aliphatic heterocycles. The maximum absolute atomic E-state index is 7.07. The second-order valence-corrected chi connectivity index (χ2v) is 34.2. The normalized spacial score (nSPS) is 29.7. The van der Waals surface area contributed by atoms with E-state index in [2.05, 4.69) is 113 Å². The summed E-state index contributed by atoms with van der Waals surface area (Å²) in [5, 5.41) is 0.444. The minimum Gasteiger partial charge on any atom is -0.414 e. The summed E-state index contributed by atoms with van der Waals surface area (Å²) in [6.45, 7) is 35.4. The third kappa shape index (κ3) is 11.8. The zero-order valence-corrected chi connectivity index (χ0v) is 35.8. The Morgan fingerprint density at radius 3 is 1.80 bits per heavy atom. The van der Waals surface area contributed by atoms with Gasteiger partial charge in [0.2, 0.25) is 0 Å². The molecule has 3 nitrogen and oxygen atoms in total. The van der Waals surface area contributed by atoms with E-state index in [9.17, 15) is 0 Å². The molecule has 0 aromatic rings. The van der Waals surface area contributed by atoms with Crippen molar-refractivity contribution in [3.63, 3.8) is 0 Å². The second-order valence-electron chi connectivity index (χ2n) is 20.3. The van der Waals surface area contributed by atoms with Gasteiger partial charge in [0.15, 0.2) is 25.0 Å². The van der Waals surface area contributed by atoms with Crippen molar-refractivity contribution in [2.75, 3.05) is 0 Å². The van der Waals surface area contributed by atoms with E-state index in [1.807, 2.05) is 0 Å². The zero-order chi connectivity index (χ0) is 34.1. The highest BCUT2D eigenvalue weighted by Crippen LogP contribution is 2.54. The van der Waals surface area contributed by atoms with Crippen LogP contribution in [-0.2, 0) is 13.3 Å². The first-order chi connectivity index (χ1) is 20.3. The van der Waals surface area contributed by atoms with Gasteiger partial charge in [0.25, 0.3) is 0 Å². The molecule has 0 heterocycles. The SMILES string of the molecule is CC(C)(CCC[C@@H]1CC[C@@]2(CCC/C(=C/C=C3C[C@@H](O[Si](C)(C)C(C)(C)C)C[C@@H](O[Si](C)(C)C(C)(C)C)C3)C2)C1)O[Si](C)(C)C. The van der Waals surface area contributed by atoms with Crippen molar-refractivity contribution in [3.05, 3.63) is 23.3 Å². The summed E-state index contributed by atoms with van der Waals surface area (Å²) in [6.07, 6.45) is 22.4. The molecule has 0 bridgehead atoms. The maximum Gasteiger partial charge on any atom is 0.192 e. The van der Waals surface area contributed by atoms with Crippen LogP contribution >= 0.6 is 0 Å². The van der Waals surface area contributed by atoms with Crippen molar-refractivity contribution >= 4 is 25.0 Å². The first-order valence-electron chi connectivity index (χ1n) is 18.7. The number of hydrogen-bond acceptors (Lipinski definition) is 3. The van der Waals surface area contributed by atoms with E-state index >= 15 is 0 Å². The summed E-state index contributed by atoms with van der Waals surface area (Å²) in [7, 11) is -5.21. The van der Waals surface area contributed by atoms with Crippen molar-refractivity contribution in [2.45, 2.75) is 213 Å². The van der Waals surface area contributed by atoms with Gasteiger partial charge >= 0.3 is 0 Å². The van der Waals surface area contributed by atoms with Crippen molar-refractivity contribution in [1.29, 1.82) is 0 Å². The summed E-state index contributed by atoms with van der Waals surface area (Å²) in [5.74, 6) is 0.908. The average molecular weight is 677 g/mol. The average Bonchev–Trinajstić information content (AvgIpc) is 3.20. The van der Waals surface area contributed by atoms with Gasteiger partial charge in [-0.2, -0.15) is 0 Å². The highest BCUT2D eigenvalue weighted by Gasteiger charge is 2.44. The van der Waals surface area contributed by atoms with Crippen LogP contribution in [0, 0.1) is 11.3 Å². The van der Waals surface area contributed by atoms with E-state index in [0.29, 0.717) is 5.41 Å². The van der Waals surface area contributed by atoms with Crippen molar-refractivity contribution in [3.8, 4) is 0 Å². The number of hydrogen-bond donors (Lipinski definition) is 0. The van der Waals surface area contributed by atoms with Gasteiger partial charge in [-0.15, -0.1) is 0 Å². The fourth-order valence-corrected chi connectivity index (χ4v) is 12.5. The van der Waals surface area contributed by atoms with E-state index < -0.39 is 25.0 Å². The largest absolute Gasteiger partial charge is 0.414 e. The Morgan fingerprint density at radius 1 is 0.756 bits per heavy atom. The topological polar surface area (TPSA) is 27.7 Å². The van der Waals surface area contributed by atoms with Crippen LogP contribution in [0.15, 0.2) is 23.3 Å². The van der Waals surface area contributed by atoms with E-state index in [4.69, 9.17) is 13.3 Å². The Kier molecular flexibility index (Phi) is 12.7. The molecule has 0 N–H and O–H groups in total. The molecule has 6 heteroatoms. The molecule has 0 unspecified atom stereocenters. The summed E-state index contributed by atoms with van der Waals surface area (Å²) in [5.41, 5.74) is 3.84. The lowest BCUT2D eigenvalue weighted by Gasteiger charge is -2.45. The van der Waals surface area contributed by atoms with Gasteiger partial charge in [0.05, 0.1) is 17.8 Å². The highest BCUT2D eigenvalue weighted by molar-refractivity contribution is 6.74. The van der Waals surface area contributed by atoms with E-state index in [0.717, 1.165) is 25.2 Å². The molecular formula is C39H76O3Si3. The molecule has 0 saturated heterocycles.